The zero-order chi connectivity index (χ0) is 37.1. The van der Waals surface area contributed by atoms with Gasteiger partial charge in [0, 0.05) is 21.6 Å². The number of benzene rings is 4. The summed E-state index contributed by atoms with van der Waals surface area (Å²) in [4.78, 5) is 30.5. The number of rotatable bonds is 11. The van der Waals surface area contributed by atoms with Crippen LogP contribution in [0, 0.1) is 10.5 Å². The van der Waals surface area contributed by atoms with Crippen molar-refractivity contribution in [1.82, 2.24) is 10.2 Å². The molecule has 6 nitrogen and oxygen atoms in total. The van der Waals surface area contributed by atoms with Crippen LogP contribution in [0.1, 0.15) is 51.4 Å². The Morgan fingerprint density at radius 3 is 2.08 bits per heavy atom. The summed E-state index contributed by atoms with van der Waals surface area (Å²) in [6.07, 6.45) is -10.1. The molecule has 0 spiro atoms. The SMILES string of the molecule is COc1ccc(CCNC(=O)[C@@]2(Sc3ccc(C)cc3)CC(=O)N(Cc3cc(C(F)(F)F)cc(C(F)(F)F)c3)[C@@H]2c2ccc(CO)cc2I)cc1. The molecule has 0 saturated carbocycles. The van der Waals surface area contributed by atoms with E-state index >= 15 is 0 Å². The van der Waals surface area contributed by atoms with E-state index in [4.69, 9.17) is 4.74 Å². The minimum absolute atomic E-state index is 0.0388. The Balaban J connectivity index is 1.62. The van der Waals surface area contributed by atoms with E-state index in [0.29, 0.717) is 43.9 Å². The van der Waals surface area contributed by atoms with Crippen LogP contribution in [0.2, 0.25) is 0 Å². The van der Waals surface area contributed by atoms with Crippen molar-refractivity contribution in [2.45, 2.75) is 61.0 Å². The van der Waals surface area contributed by atoms with Crippen LogP contribution in [0.3, 0.4) is 0 Å². The van der Waals surface area contributed by atoms with Crippen molar-refractivity contribution in [3.63, 3.8) is 0 Å². The molecule has 5 rings (SSSR count). The van der Waals surface area contributed by atoms with Crippen molar-refractivity contribution in [2.24, 2.45) is 0 Å². The number of aryl methyl sites for hydroxylation is 1. The molecule has 1 heterocycles. The lowest BCUT2D eigenvalue weighted by atomic mass is 9.90. The van der Waals surface area contributed by atoms with Crippen LogP contribution in [0.25, 0.3) is 0 Å². The molecule has 1 saturated heterocycles. The number of hydrogen-bond acceptors (Lipinski definition) is 5. The number of likely N-dealkylation sites (tertiary alicyclic amines) is 1. The highest BCUT2D eigenvalue weighted by molar-refractivity contribution is 14.1. The number of nitrogens with one attached hydrogen (secondary N) is 1. The topological polar surface area (TPSA) is 78.9 Å². The number of aliphatic hydroxyl groups is 1. The lowest BCUT2D eigenvalue weighted by Gasteiger charge is -2.37. The van der Waals surface area contributed by atoms with Gasteiger partial charge in [-0.2, -0.15) is 26.3 Å². The van der Waals surface area contributed by atoms with Crippen LogP contribution in [0.4, 0.5) is 26.3 Å². The van der Waals surface area contributed by atoms with Gasteiger partial charge in [0.05, 0.1) is 37.3 Å². The fourth-order valence-electron chi connectivity index (χ4n) is 6.04. The normalized spacial score (nSPS) is 17.9. The first-order valence-corrected chi connectivity index (χ1v) is 17.6. The van der Waals surface area contributed by atoms with Crippen molar-refractivity contribution in [3.05, 3.63) is 127 Å². The average molecular weight is 843 g/mol. The second-order valence-electron chi connectivity index (χ2n) is 12.2. The number of halogens is 7. The predicted molar refractivity (Wildman–Crippen MR) is 189 cm³/mol. The molecule has 51 heavy (non-hydrogen) atoms. The molecule has 0 aliphatic carbocycles. The number of thioether (sulfide) groups is 1. The van der Waals surface area contributed by atoms with Gasteiger partial charge in [0.25, 0.3) is 0 Å². The highest BCUT2D eigenvalue weighted by atomic mass is 127. The fraction of sp³-hybridized carbons (Fsp3) is 0.297. The number of ether oxygens (including phenoxy) is 1. The molecule has 1 aliphatic rings. The van der Waals surface area contributed by atoms with E-state index in [2.05, 4.69) is 5.32 Å². The van der Waals surface area contributed by atoms with Crippen molar-refractivity contribution in [1.29, 1.82) is 0 Å². The molecule has 2 amide bonds. The van der Waals surface area contributed by atoms with Gasteiger partial charge in [-0.1, -0.05) is 42.0 Å². The summed E-state index contributed by atoms with van der Waals surface area (Å²) in [5.74, 6) is -0.490. The van der Waals surface area contributed by atoms with E-state index < -0.39 is 64.6 Å². The second kappa shape index (κ2) is 15.5. The first-order valence-electron chi connectivity index (χ1n) is 15.7. The Kier molecular flexibility index (Phi) is 11.7. The van der Waals surface area contributed by atoms with E-state index in [0.717, 1.165) is 22.9 Å². The largest absolute Gasteiger partial charge is 0.497 e. The Labute approximate surface area is 308 Å². The Morgan fingerprint density at radius 1 is 0.922 bits per heavy atom. The third-order valence-electron chi connectivity index (χ3n) is 8.59. The summed E-state index contributed by atoms with van der Waals surface area (Å²) < 4.78 is 87.2. The van der Waals surface area contributed by atoms with Gasteiger partial charge in [-0.05, 0) is 107 Å². The molecule has 0 unspecified atom stereocenters. The van der Waals surface area contributed by atoms with Crippen LogP contribution in [0.5, 0.6) is 5.75 Å². The number of alkyl halides is 6. The molecule has 1 aliphatic heterocycles. The number of carbonyl (C=O) groups excluding carboxylic acids is 2. The smallest absolute Gasteiger partial charge is 0.416 e. The summed E-state index contributed by atoms with van der Waals surface area (Å²) >= 11 is 3.12. The molecule has 14 heteroatoms. The molecule has 0 aromatic heterocycles. The standard InChI is InChI=1S/C37H33F6IN2O4S/c1-22-3-10-29(11-4-22)51-35(34(49)45-14-13-23-5-8-28(50-2)9-6-23)19-32(48)46(33(35)30-12-7-24(21-47)17-31(30)44)20-25-15-26(36(38,39)40)18-27(16-25)37(41,42)43/h3-12,15-18,33,47H,13-14,19-21H2,1-2H3,(H,45,49)/t33-,35-/m1/s1. The van der Waals surface area contributed by atoms with Crippen molar-refractivity contribution in [3.8, 4) is 5.75 Å². The van der Waals surface area contributed by atoms with Gasteiger partial charge in [0.15, 0.2) is 0 Å². The maximum absolute atomic E-state index is 14.6. The molecule has 270 valence electrons. The number of amides is 2. The first kappa shape index (κ1) is 38.5. The van der Waals surface area contributed by atoms with Gasteiger partial charge in [-0.15, -0.1) is 11.8 Å². The maximum atomic E-state index is 14.6. The van der Waals surface area contributed by atoms with Gasteiger partial charge in [-0.3, -0.25) is 9.59 Å². The van der Waals surface area contributed by atoms with Gasteiger partial charge >= 0.3 is 12.4 Å². The molecule has 4 aromatic rings. The van der Waals surface area contributed by atoms with Crippen LogP contribution < -0.4 is 10.1 Å². The fourth-order valence-corrected chi connectivity index (χ4v) is 8.33. The third-order valence-corrected chi connectivity index (χ3v) is 11.0. The van der Waals surface area contributed by atoms with E-state index in [9.17, 15) is 41.0 Å². The van der Waals surface area contributed by atoms with Crippen molar-refractivity contribution in [2.75, 3.05) is 13.7 Å². The maximum Gasteiger partial charge on any atom is 0.416 e. The number of hydrogen-bond donors (Lipinski definition) is 2. The van der Waals surface area contributed by atoms with Gasteiger partial charge in [-0.25, -0.2) is 0 Å². The molecular weight excluding hydrogens is 809 g/mol. The zero-order valence-corrected chi connectivity index (χ0v) is 30.3. The van der Waals surface area contributed by atoms with Crippen LogP contribution >= 0.6 is 34.4 Å². The van der Waals surface area contributed by atoms with Crippen LogP contribution in [-0.2, 0) is 41.5 Å². The molecule has 0 radical (unpaired) electrons. The minimum atomic E-state index is -5.09. The first-order chi connectivity index (χ1) is 24.0. The zero-order valence-electron chi connectivity index (χ0n) is 27.4. The van der Waals surface area contributed by atoms with Crippen molar-refractivity contribution < 1.29 is 45.8 Å². The van der Waals surface area contributed by atoms with Gasteiger partial charge in [0.2, 0.25) is 11.8 Å². The summed E-state index contributed by atoms with van der Waals surface area (Å²) in [5, 5.41) is 12.8. The van der Waals surface area contributed by atoms with Crippen LogP contribution in [0.15, 0.2) is 89.8 Å². The van der Waals surface area contributed by atoms with Crippen molar-refractivity contribution >= 4 is 46.2 Å². The van der Waals surface area contributed by atoms with Crippen LogP contribution in [-0.4, -0.2) is 40.2 Å². The molecule has 1 fully saturated rings. The lowest BCUT2D eigenvalue weighted by Crippen LogP contribution is -2.49. The van der Waals surface area contributed by atoms with E-state index in [1.165, 1.54) is 4.90 Å². The van der Waals surface area contributed by atoms with Gasteiger partial charge in [0.1, 0.15) is 10.5 Å². The third kappa shape index (κ3) is 8.83. The highest BCUT2D eigenvalue weighted by Gasteiger charge is 2.58. The average Bonchev–Trinajstić information content (AvgIpc) is 3.35. The molecule has 4 aromatic carbocycles. The highest BCUT2D eigenvalue weighted by Crippen LogP contribution is 2.54. The Bertz CT molecular complexity index is 1850. The number of aliphatic hydroxyl groups excluding tert-OH is 1. The molecule has 2 N–H and O–H groups in total. The predicted octanol–water partition coefficient (Wildman–Crippen LogP) is 8.50. The second-order valence-corrected chi connectivity index (χ2v) is 14.8. The van der Waals surface area contributed by atoms with E-state index in [1.54, 1.807) is 49.6 Å². The molecule has 0 bridgehead atoms. The molecule has 2 atom stereocenters. The lowest BCUT2D eigenvalue weighted by molar-refractivity contribution is -0.143. The minimum Gasteiger partial charge on any atom is -0.497 e. The summed E-state index contributed by atoms with van der Waals surface area (Å²) in [6, 6.07) is 19.5. The quantitative estimate of drug-likeness (QED) is 0.117. The Hall–Kier alpha value is -3.76. The summed E-state index contributed by atoms with van der Waals surface area (Å²) in [5.41, 5.74) is -0.580. The van der Waals surface area contributed by atoms with E-state index in [-0.39, 0.29) is 19.2 Å². The number of nitrogens with zero attached hydrogens (tertiary/aromatic N) is 1. The number of methoxy groups -OCH3 is 1. The Morgan fingerprint density at radius 2 is 1.53 bits per heavy atom. The summed E-state index contributed by atoms with van der Waals surface area (Å²) in [6.45, 7) is 1.12. The summed E-state index contributed by atoms with van der Waals surface area (Å²) in [7, 11) is 1.55. The van der Waals surface area contributed by atoms with Gasteiger partial charge < -0.3 is 20.1 Å². The van der Waals surface area contributed by atoms with E-state index in [1.807, 2.05) is 53.8 Å². The number of carbonyl (C=O) groups is 2. The molecular formula is C37H33F6IN2O4S. The monoisotopic (exact) mass is 842 g/mol.